The number of pyridine rings is 1. The number of benzene rings is 1. The molecular weight excluding hydrogens is 401 g/mol. The lowest BCUT2D eigenvalue weighted by Gasteiger charge is -2.22. The van der Waals surface area contributed by atoms with Crippen LogP contribution in [0.15, 0.2) is 51.9 Å². The number of halogens is 2. The first kappa shape index (κ1) is 18.8. The Bertz CT molecular complexity index is 822. The molecule has 0 atom stereocenters. The zero-order valence-electron chi connectivity index (χ0n) is 14.4. The fourth-order valence-electron chi connectivity index (χ4n) is 3.10. The minimum absolute atomic E-state index is 0.0474. The van der Waals surface area contributed by atoms with Crippen molar-refractivity contribution < 1.29 is 9.18 Å². The number of nitrogens with zero attached hydrogens (tertiary/aromatic N) is 3. The molecule has 2 heterocycles. The number of carbonyl (C=O) groups excluding carboxylic acids is 1. The lowest BCUT2D eigenvalue weighted by molar-refractivity contribution is -0.131. The highest BCUT2D eigenvalue weighted by atomic mass is 79.9. The number of amides is 1. The van der Waals surface area contributed by atoms with Gasteiger partial charge in [0.25, 0.3) is 5.56 Å². The molecule has 1 aromatic heterocycles. The van der Waals surface area contributed by atoms with E-state index in [1.165, 1.54) is 22.8 Å². The van der Waals surface area contributed by atoms with Crippen LogP contribution in [-0.2, 0) is 17.9 Å². The standard InChI is InChI=1S/C19H21BrFN3O2/c20-16-4-7-18(25)24(13-16)14-19(26)23-9-1-8-22(10-11-23)12-15-2-5-17(21)6-3-15/h2-7,13H,1,8-12,14H2. The second kappa shape index (κ2) is 8.60. The van der Waals surface area contributed by atoms with E-state index in [1.54, 1.807) is 24.4 Å². The molecule has 26 heavy (non-hydrogen) atoms. The molecule has 138 valence electrons. The van der Waals surface area contributed by atoms with E-state index in [0.717, 1.165) is 36.1 Å². The number of hydrogen-bond donors (Lipinski definition) is 0. The van der Waals surface area contributed by atoms with Crippen LogP contribution in [0.3, 0.4) is 0 Å². The van der Waals surface area contributed by atoms with Gasteiger partial charge in [0.15, 0.2) is 0 Å². The molecule has 0 aliphatic carbocycles. The maximum absolute atomic E-state index is 13.0. The highest BCUT2D eigenvalue weighted by Gasteiger charge is 2.19. The number of hydrogen-bond acceptors (Lipinski definition) is 3. The van der Waals surface area contributed by atoms with Crippen LogP contribution in [0.5, 0.6) is 0 Å². The summed E-state index contributed by atoms with van der Waals surface area (Å²) in [6.45, 7) is 3.75. The first-order chi connectivity index (χ1) is 12.5. The van der Waals surface area contributed by atoms with Crippen LogP contribution in [0.2, 0.25) is 0 Å². The number of carbonyl (C=O) groups is 1. The molecule has 1 aliphatic rings. The summed E-state index contributed by atoms with van der Waals surface area (Å²) < 4.78 is 15.2. The van der Waals surface area contributed by atoms with Gasteiger partial charge in [-0.15, -0.1) is 0 Å². The van der Waals surface area contributed by atoms with Gasteiger partial charge in [0.05, 0.1) is 0 Å². The van der Waals surface area contributed by atoms with Crippen LogP contribution in [0.1, 0.15) is 12.0 Å². The van der Waals surface area contributed by atoms with Gasteiger partial charge in [-0.3, -0.25) is 14.5 Å². The topological polar surface area (TPSA) is 45.6 Å². The summed E-state index contributed by atoms with van der Waals surface area (Å²) >= 11 is 3.32. The average molecular weight is 422 g/mol. The third-order valence-electron chi connectivity index (χ3n) is 4.51. The fourth-order valence-corrected chi connectivity index (χ4v) is 3.48. The molecule has 0 unspecified atom stereocenters. The van der Waals surface area contributed by atoms with Crippen LogP contribution in [0, 0.1) is 5.82 Å². The minimum atomic E-state index is -0.232. The summed E-state index contributed by atoms with van der Waals surface area (Å²) in [4.78, 5) is 28.5. The van der Waals surface area contributed by atoms with Crippen molar-refractivity contribution in [2.45, 2.75) is 19.5 Å². The van der Waals surface area contributed by atoms with E-state index in [0.29, 0.717) is 13.1 Å². The quantitative estimate of drug-likeness (QED) is 0.761. The summed E-state index contributed by atoms with van der Waals surface area (Å²) in [5.74, 6) is -0.280. The van der Waals surface area contributed by atoms with E-state index < -0.39 is 0 Å². The zero-order valence-corrected chi connectivity index (χ0v) is 16.0. The van der Waals surface area contributed by atoms with Crippen molar-refractivity contribution in [3.63, 3.8) is 0 Å². The maximum atomic E-state index is 13.0. The van der Waals surface area contributed by atoms with Gasteiger partial charge in [-0.25, -0.2) is 4.39 Å². The lowest BCUT2D eigenvalue weighted by atomic mass is 10.2. The van der Waals surface area contributed by atoms with Crippen LogP contribution in [0.25, 0.3) is 0 Å². The maximum Gasteiger partial charge on any atom is 0.251 e. The molecule has 0 bridgehead atoms. The zero-order chi connectivity index (χ0) is 18.5. The summed E-state index contributed by atoms with van der Waals surface area (Å²) in [7, 11) is 0. The highest BCUT2D eigenvalue weighted by molar-refractivity contribution is 9.10. The van der Waals surface area contributed by atoms with Crippen molar-refractivity contribution in [3.8, 4) is 0 Å². The molecule has 1 fully saturated rings. The smallest absolute Gasteiger partial charge is 0.251 e. The van der Waals surface area contributed by atoms with Crippen LogP contribution >= 0.6 is 15.9 Å². The van der Waals surface area contributed by atoms with E-state index in [1.807, 2.05) is 4.90 Å². The number of rotatable bonds is 4. The van der Waals surface area contributed by atoms with Crippen molar-refractivity contribution in [2.24, 2.45) is 0 Å². The van der Waals surface area contributed by atoms with Crippen LogP contribution in [-0.4, -0.2) is 46.5 Å². The molecule has 2 aromatic rings. The van der Waals surface area contributed by atoms with Gasteiger partial charge in [-0.05, 0) is 46.1 Å². The Balaban J connectivity index is 1.57. The van der Waals surface area contributed by atoms with Gasteiger partial charge in [-0.1, -0.05) is 12.1 Å². The first-order valence-electron chi connectivity index (χ1n) is 8.62. The Morgan fingerprint density at radius 1 is 1.04 bits per heavy atom. The van der Waals surface area contributed by atoms with Gasteiger partial charge in [-0.2, -0.15) is 0 Å². The minimum Gasteiger partial charge on any atom is -0.340 e. The van der Waals surface area contributed by atoms with Gasteiger partial charge in [0, 0.05) is 49.5 Å². The monoisotopic (exact) mass is 421 g/mol. The third kappa shape index (κ3) is 5.02. The lowest BCUT2D eigenvalue weighted by Crippen LogP contribution is -2.38. The third-order valence-corrected chi connectivity index (χ3v) is 4.98. The first-order valence-corrected chi connectivity index (χ1v) is 9.41. The van der Waals surface area contributed by atoms with E-state index in [-0.39, 0.29) is 23.8 Å². The van der Waals surface area contributed by atoms with Gasteiger partial charge in [0.1, 0.15) is 12.4 Å². The van der Waals surface area contributed by atoms with Gasteiger partial charge < -0.3 is 9.47 Å². The van der Waals surface area contributed by atoms with E-state index >= 15 is 0 Å². The summed E-state index contributed by atoms with van der Waals surface area (Å²) in [5, 5.41) is 0. The molecule has 0 saturated carbocycles. The molecular formula is C19H21BrFN3O2. The predicted octanol–water partition coefficient (Wildman–Crippen LogP) is 2.48. The molecule has 7 heteroatoms. The van der Waals surface area contributed by atoms with E-state index in [2.05, 4.69) is 20.8 Å². The van der Waals surface area contributed by atoms with Crippen molar-refractivity contribution in [1.82, 2.24) is 14.4 Å². The average Bonchev–Trinajstić information content (AvgIpc) is 2.86. The van der Waals surface area contributed by atoms with Crippen molar-refractivity contribution in [1.29, 1.82) is 0 Å². The second-order valence-electron chi connectivity index (χ2n) is 6.45. The summed E-state index contributed by atoms with van der Waals surface area (Å²) in [6.07, 6.45) is 2.51. The molecule has 5 nitrogen and oxygen atoms in total. The van der Waals surface area contributed by atoms with Gasteiger partial charge in [0.2, 0.25) is 5.91 Å². The van der Waals surface area contributed by atoms with Crippen LogP contribution < -0.4 is 5.56 Å². The van der Waals surface area contributed by atoms with Crippen molar-refractivity contribution in [2.75, 3.05) is 26.2 Å². The fraction of sp³-hybridized carbons (Fsp3) is 0.368. The Morgan fingerprint density at radius 3 is 2.58 bits per heavy atom. The largest absolute Gasteiger partial charge is 0.340 e. The summed E-state index contributed by atoms with van der Waals surface area (Å²) in [6, 6.07) is 9.65. The molecule has 3 rings (SSSR count). The Labute approximate surface area is 160 Å². The molecule has 0 radical (unpaired) electrons. The SMILES string of the molecule is O=C(Cn1cc(Br)ccc1=O)N1CCCN(Cc2ccc(F)cc2)CC1. The summed E-state index contributed by atoms with van der Waals surface area (Å²) in [5.41, 5.74) is 0.876. The normalized spacial score (nSPS) is 15.7. The highest BCUT2D eigenvalue weighted by Crippen LogP contribution is 2.11. The van der Waals surface area contributed by atoms with E-state index in [9.17, 15) is 14.0 Å². The molecule has 1 aliphatic heterocycles. The van der Waals surface area contributed by atoms with Crippen LogP contribution in [0.4, 0.5) is 4.39 Å². The van der Waals surface area contributed by atoms with Crippen molar-refractivity contribution >= 4 is 21.8 Å². The Kier molecular flexibility index (Phi) is 6.21. The molecule has 0 spiro atoms. The predicted molar refractivity (Wildman–Crippen MR) is 101 cm³/mol. The Morgan fingerprint density at radius 2 is 1.81 bits per heavy atom. The molecule has 1 aromatic carbocycles. The second-order valence-corrected chi connectivity index (χ2v) is 7.37. The molecule has 0 N–H and O–H groups in total. The molecule has 1 amide bonds. The molecule has 1 saturated heterocycles. The number of aromatic nitrogens is 1. The van der Waals surface area contributed by atoms with Crippen molar-refractivity contribution in [3.05, 3.63) is 68.8 Å². The van der Waals surface area contributed by atoms with Gasteiger partial charge >= 0.3 is 0 Å². The Hall–Kier alpha value is -1.99. The van der Waals surface area contributed by atoms with E-state index in [4.69, 9.17) is 0 Å².